The molecule has 2 N–H and O–H groups in total. The lowest BCUT2D eigenvalue weighted by Gasteiger charge is -2.11. The highest BCUT2D eigenvalue weighted by atomic mass is 32.2. The molecular weight excluding hydrogens is 268 g/mol. The lowest BCUT2D eigenvalue weighted by molar-refractivity contribution is 0.988. The fraction of sp³-hybridized carbons (Fsp3) is 0.200. The number of aryl methyl sites for hydroxylation is 1. The van der Waals surface area contributed by atoms with Crippen LogP contribution in [0.5, 0.6) is 0 Å². The van der Waals surface area contributed by atoms with Crippen molar-refractivity contribution in [2.45, 2.75) is 18.7 Å². The molecule has 2 heterocycles. The molecular formula is C15H16N4S. The van der Waals surface area contributed by atoms with Crippen molar-refractivity contribution >= 4 is 28.6 Å². The number of hydrogen-bond acceptors (Lipinski definition) is 4. The molecule has 0 aliphatic heterocycles. The summed E-state index contributed by atoms with van der Waals surface area (Å²) >= 11 is 1.73. The molecule has 1 aromatic carbocycles. The number of nitrogens with zero attached hydrogens (tertiary/aromatic N) is 3. The number of nitrogens with two attached hydrogens (primary N) is 1. The minimum absolute atomic E-state index is 0.538. The Hall–Kier alpha value is -2.01. The van der Waals surface area contributed by atoms with Gasteiger partial charge >= 0.3 is 0 Å². The van der Waals surface area contributed by atoms with Crippen LogP contribution in [0.3, 0.4) is 0 Å². The molecule has 0 aliphatic carbocycles. The van der Waals surface area contributed by atoms with E-state index in [1.54, 1.807) is 11.8 Å². The summed E-state index contributed by atoms with van der Waals surface area (Å²) in [4.78, 5) is 9.76. The fourth-order valence-corrected chi connectivity index (χ4v) is 3.12. The normalized spacial score (nSPS) is 11.2. The van der Waals surface area contributed by atoms with Crippen LogP contribution in [0.2, 0.25) is 0 Å². The topological polar surface area (TPSA) is 56.7 Å². The van der Waals surface area contributed by atoms with E-state index in [1.165, 1.54) is 11.2 Å². The van der Waals surface area contributed by atoms with Crippen LogP contribution in [-0.4, -0.2) is 20.8 Å². The molecule has 3 aromatic rings. The van der Waals surface area contributed by atoms with Gasteiger partial charge in [-0.25, -0.2) is 9.97 Å². The predicted molar refractivity (Wildman–Crippen MR) is 84.5 cm³/mol. The molecule has 0 spiro atoms. The Kier molecular flexibility index (Phi) is 3.14. The maximum Gasteiger partial charge on any atom is 0.150 e. The van der Waals surface area contributed by atoms with Gasteiger partial charge in [-0.1, -0.05) is 12.1 Å². The molecule has 0 unspecified atom stereocenters. The smallest absolute Gasteiger partial charge is 0.150 e. The molecule has 3 rings (SSSR count). The highest BCUT2D eigenvalue weighted by Crippen LogP contribution is 2.33. The van der Waals surface area contributed by atoms with Gasteiger partial charge in [-0.15, -0.1) is 11.8 Å². The maximum absolute atomic E-state index is 6.02. The Labute approximate surface area is 122 Å². The third-order valence-corrected chi connectivity index (χ3v) is 4.43. The number of benzene rings is 1. The summed E-state index contributed by atoms with van der Waals surface area (Å²) in [5.41, 5.74) is 10.3. The monoisotopic (exact) mass is 284 g/mol. The van der Waals surface area contributed by atoms with Gasteiger partial charge < -0.3 is 5.73 Å². The zero-order valence-electron chi connectivity index (χ0n) is 11.7. The molecule has 0 amide bonds. The second-order valence-electron chi connectivity index (χ2n) is 4.68. The predicted octanol–water partition coefficient (Wildman–Crippen LogP) is 3.34. The van der Waals surface area contributed by atoms with Crippen molar-refractivity contribution in [3.8, 4) is 5.69 Å². The molecule has 2 aromatic heterocycles. The average molecular weight is 284 g/mol. The standard InChI is InChI=1S/C15H16N4S/c1-9-10(2)19(11-6-4-5-7-12(11)20-3)15-13(9)14(16)17-8-18-15/h4-8H,1-3H3,(H2,16,17,18). The van der Waals surface area contributed by atoms with E-state index < -0.39 is 0 Å². The minimum atomic E-state index is 0.538. The van der Waals surface area contributed by atoms with Crippen LogP contribution < -0.4 is 5.73 Å². The van der Waals surface area contributed by atoms with Crippen LogP contribution in [0, 0.1) is 13.8 Å². The lowest BCUT2D eigenvalue weighted by Crippen LogP contribution is -2.00. The molecule has 0 saturated heterocycles. The van der Waals surface area contributed by atoms with Crippen molar-refractivity contribution in [3.63, 3.8) is 0 Å². The van der Waals surface area contributed by atoms with Crippen molar-refractivity contribution in [2.75, 3.05) is 12.0 Å². The van der Waals surface area contributed by atoms with Crippen molar-refractivity contribution in [2.24, 2.45) is 0 Å². The summed E-state index contributed by atoms with van der Waals surface area (Å²) < 4.78 is 2.16. The number of fused-ring (bicyclic) bond motifs is 1. The van der Waals surface area contributed by atoms with E-state index in [-0.39, 0.29) is 0 Å². The van der Waals surface area contributed by atoms with E-state index in [1.807, 2.05) is 12.1 Å². The first kappa shape index (κ1) is 13.0. The van der Waals surface area contributed by atoms with E-state index in [0.717, 1.165) is 28.0 Å². The van der Waals surface area contributed by atoms with Crippen LogP contribution in [0.15, 0.2) is 35.5 Å². The Morgan fingerprint density at radius 2 is 1.90 bits per heavy atom. The van der Waals surface area contributed by atoms with Gasteiger partial charge in [-0.2, -0.15) is 0 Å². The van der Waals surface area contributed by atoms with Gasteiger partial charge in [0.1, 0.15) is 12.1 Å². The average Bonchev–Trinajstić information content (AvgIpc) is 2.72. The summed E-state index contributed by atoms with van der Waals surface area (Å²) in [6, 6.07) is 8.31. The van der Waals surface area contributed by atoms with E-state index in [9.17, 15) is 0 Å². The van der Waals surface area contributed by atoms with Gasteiger partial charge in [0.2, 0.25) is 0 Å². The van der Waals surface area contributed by atoms with Crippen LogP contribution >= 0.6 is 11.8 Å². The van der Waals surface area contributed by atoms with E-state index >= 15 is 0 Å². The summed E-state index contributed by atoms with van der Waals surface area (Å²) in [6.45, 7) is 4.16. The first-order chi connectivity index (χ1) is 9.65. The Morgan fingerprint density at radius 3 is 2.65 bits per heavy atom. The van der Waals surface area contributed by atoms with E-state index in [0.29, 0.717) is 5.82 Å². The van der Waals surface area contributed by atoms with Crippen LogP contribution in [-0.2, 0) is 0 Å². The third-order valence-electron chi connectivity index (χ3n) is 3.65. The van der Waals surface area contributed by atoms with Crippen LogP contribution in [0.4, 0.5) is 5.82 Å². The zero-order valence-corrected chi connectivity index (χ0v) is 12.5. The highest BCUT2D eigenvalue weighted by molar-refractivity contribution is 7.98. The molecule has 0 saturated carbocycles. The van der Waals surface area contributed by atoms with E-state index in [2.05, 4.69) is 46.8 Å². The van der Waals surface area contributed by atoms with Gasteiger partial charge in [0.05, 0.1) is 11.1 Å². The van der Waals surface area contributed by atoms with Crippen molar-refractivity contribution < 1.29 is 0 Å². The Morgan fingerprint density at radius 1 is 1.15 bits per heavy atom. The van der Waals surface area contributed by atoms with E-state index in [4.69, 9.17) is 5.73 Å². The third kappa shape index (κ3) is 1.78. The number of hydrogen-bond donors (Lipinski definition) is 1. The molecule has 20 heavy (non-hydrogen) atoms. The molecule has 0 fully saturated rings. The SMILES string of the molecule is CSc1ccccc1-n1c(C)c(C)c2c(N)ncnc21. The van der Waals surface area contributed by atoms with Crippen molar-refractivity contribution in [3.05, 3.63) is 41.9 Å². The van der Waals surface area contributed by atoms with Gasteiger partial charge in [0, 0.05) is 10.6 Å². The number of thioether (sulfide) groups is 1. The molecule has 102 valence electrons. The van der Waals surface area contributed by atoms with Crippen LogP contribution in [0.25, 0.3) is 16.7 Å². The first-order valence-electron chi connectivity index (χ1n) is 6.36. The minimum Gasteiger partial charge on any atom is -0.383 e. The summed E-state index contributed by atoms with van der Waals surface area (Å²) in [6.07, 6.45) is 3.60. The van der Waals surface area contributed by atoms with Gasteiger partial charge in [-0.3, -0.25) is 4.57 Å². The fourth-order valence-electron chi connectivity index (χ4n) is 2.54. The highest BCUT2D eigenvalue weighted by Gasteiger charge is 2.17. The van der Waals surface area contributed by atoms with Gasteiger partial charge in [0.15, 0.2) is 5.65 Å². The van der Waals surface area contributed by atoms with Crippen molar-refractivity contribution in [1.82, 2.24) is 14.5 Å². The number of anilines is 1. The van der Waals surface area contributed by atoms with Gasteiger partial charge in [0.25, 0.3) is 0 Å². The zero-order chi connectivity index (χ0) is 14.3. The summed E-state index contributed by atoms with van der Waals surface area (Å²) in [5, 5.41) is 0.945. The number of rotatable bonds is 2. The Balaban J connectivity index is 2.43. The molecule has 0 atom stereocenters. The molecule has 0 bridgehead atoms. The quantitative estimate of drug-likeness (QED) is 0.733. The first-order valence-corrected chi connectivity index (χ1v) is 7.59. The Bertz CT molecular complexity index is 792. The second kappa shape index (κ2) is 4.83. The number of aromatic nitrogens is 3. The molecule has 4 nitrogen and oxygen atoms in total. The number of nitrogen functional groups attached to an aromatic ring is 1. The summed E-state index contributed by atoms with van der Waals surface area (Å²) in [7, 11) is 0. The largest absolute Gasteiger partial charge is 0.383 e. The molecule has 5 heteroatoms. The maximum atomic E-state index is 6.02. The summed E-state index contributed by atoms with van der Waals surface area (Å²) in [5.74, 6) is 0.538. The van der Waals surface area contributed by atoms with Gasteiger partial charge in [-0.05, 0) is 37.8 Å². The number of para-hydroxylation sites is 1. The molecule has 0 radical (unpaired) electrons. The van der Waals surface area contributed by atoms with Crippen molar-refractivity contribution in [1.29, 1.82) is 0 Å². The molecule has 0 aliphatic rings. The second-order valence-corrected chi connectivity index (χ2v) is 5.52. The lowest BCUT2D eigenvalue weighted by atomic mass is 10.2. The van der Waals surface area contributed by atoms with Crippen LogP contribution in [0.1, 0.15) is 11.3 Å².